The van der Waals surface area contributed by atoms with Crippen LogP contribution in [-0.2, 0) is 6.54 Å². The number of fused-ring (bicyclic) bond motifs is 2. The smallest absolute Gasteiger partial charge is 0.159 e. The van der Waals surface area contributed by atoms with E-state index in [1.54, 1.807) is 6.07 Å². The third kappa shape index (κ3) is 2.32. The minimum atomic E-state index is -0.763. The molecule has 2 bridgehead atoms. The molecule has 98 valence electrons. The van der Waals surface area contributed by atoms with Crippen LogP contribution in [0.4, 0.5) is 8.78 Å². The summed E-state index contributed by atoms with van der Waals surface area (Å²) < 4.78 is 26.1. The number of hydrogen-bond donors (Lipinski definition) is 0. The molecule has 0 aliphatic carbocycles. The topological polar surface area (TPSA) is 3.24 Å². The van der Waals surface area contributed by atoms with Crippen LogP contribution in [0.3, 0.4) is 0 Å². The van der Waals surface area contributed by atoms with E-state index in [9.17, 15) is 8.78 Å². The predicted molar refractivity (Wildman–Crippen MR) is 70.7 cm³/mol. The van der Waals surface area contributed by atoms with Crippen LogP contribution < -0.4 is 0 Å². The Morgan fingerprint density at radius 3 is 2.39 bits per heavy atom. The third-order valence-electron chi connectivity index (χ3n) is 4.18. The van der Waals surface area contributed by atoms with E-state index in [-0.39, 0.29) is 0 Å². The van der Waals surface area contributed by atoms with Gasteiger partial charge in [0.2, 0.25) is 0 Å². The molecule has 2 aliphatic heterocycles. The van der Waals surface area contributed by atoms with Gasteiger partial charge in [0.05, 0.1) is 0 Å². The van der Waals surface area contributed by atoms with Crippen molar-refractivity contribution in [1.82, 2.24) is 4.90 Å². The number of hydrogen-bond acceptors (Lipinski definition) is 1. The SMILES string of the molecule is Fc1ccc(CN2C3CCC2CC(Br)C3)cc1F. The zero-order chi connectivity index (χ0) is 12.7. The van der Waals surface area contributed by atoms with E-state index in [0.717, 1.165) is 12.1 Å². The highest BCUT2D eigenvalue weighted by Crippen LogP contribution is 2.39. The van der Waals surface area contributed by atoms with Crippen molar-refractivity contribution in [3.8, 4) is 0 Å². The minimum Gasteiger partial charge on any atom is -0.293 e. The average molecular weight is 316 g/mol. The van der Waals surface area contributed by atoms with Crippen LogP contribution >= 0.6 is 15.9 Å². The fourth-order valence-electron chi connectivity index (χ4n) is 3.31. The molecule has 2 atom stereocenters. The van der Waals surface area contributed by atoms with Crippen molar-refractivity contribution in [2.75, 3.05) is 0 Å². The van der Waals surface area contributed by atoms with Crippen LogP contribution in [0.1, 0.15) is 31.2 Å². The Morgan fingerprint density at radius 1 is 1.11 bits per heavy atom. The second-order valence-corrected chi connectivity index (χ2v) is 6.67. The number of nitrogens with zero attached hydrogens (tertiary/aromatic N) is 1. The number of piperidine rings is 1. The second-order valence-electron chi connectivity index (χ2n) is 5.37. The Bertz CT molecular complexity index is 437. The van der Waals surface area contributed by atoms with Gasteiger partial charge in [0.1, 0.15) is 0 Å². The molecule has 1 nitrogen and oxygen atoms in total. The van der Waals surface area contributed by atoms with Crippen LogP contribution in [0.2, 0.25) is 0 Å². The Kier molecular flexibility index (Phi) is 3.41. The second kappa shape index (κ2) is 4.89. The van der Waals surface area contributed by atoms with Gasteiger partial charge in [-0.15, -0.1) is 0 Å². The highest BCUT2D eigenvalue weighted by Gasteiger charge is 2.39. The lowest BCUT2D eigenvalue weighted by Gasteiger charge is -2.37. The monoisotopic (exact) mass is 315 g/mol. The summed E-state index contributed by atoms with van der Waals surface area (Å²) in [6.45, 7) is 0.742. The first kappa shape index (κ1) is 12.5. The van der Waals surface area contributed by atoms with Gasteiger partial charge in [0.15, 0.2) is 11.6 Å². The summed E-state index contributed by atoms with van der Waals surface area (Å²) in [5, 5.41) is 0. The molecule has 1 aromatic carbocycles. The van der Waals surface area contributed by atoms with Gasteiger partial charge in [0.25, 0.3) is 0 Å². The maximum absolute atomic E-state index is 13.2. The summed E-state index contributed by atoms with van der Waals surface area (Å²) in [5.74, 6) is -1.50. The molecule has 0 N–H and O–H groups in total. The number of halogens is 3. The first-order chi connectivity index (χ1) is 8.63. The molecule has 2 unspecified atom stereocenters. The van der Waals surface area contributed by atoms with Crippen LogP contribution in [0, 0.1) is 11.6 Å². The first-order valence-electron chi connectivity index (χ1n) is 6.47. The average Bonchev–Trinajstić information content (AvgIpc) is 2.58. The Labute approximate surface area is 114 Å². The van der Waals surface area contributed by atoms with Crippen molar-refractivity contribution >= 4 is 15.9 Å². The number of alkyl halides is 1. The number of rotatable bonds is 2. The fraction of sp³-hybridized carbons (Fsp3) is 0.571. The predicted octanol–water partition coefficient (Wildman–Crippen LogP) is 3.86. The summed E-state index contributed by atoms with van der Waals surface area (Å²) in [6, 6.07) is 5.44. The molecule has 18 heavy (non-hydrogen) atoms. The van der Waals surface area contributed by atoms with E-state index in [1.165, 1.54) is 37.8 Å². The van der Waals surface area contributed by atoms with Crippen molar-refractivity contribution in [3.05, 3.63) is 35.4 Å². The molecular formula is C14H16BrF2N. The third-order valence-corrected chi connectivity index (χ3v) is 4.92. The van der Waals surface area contributed by atoms with Crippen molar-refractivity contribution in [2.24, 2.45) is 0 Å². The van der Waals surface area contributed by atoms with Crippen LogP contribution in [-0.4, -0.2) is 21.8 Å². The van der Waals surface area contributed by atoms with Crippen LogP contribution in [0.25, 0.3) is 0 Å². The molecule has 1 aromatic rings. The molecule has 2 aliphatic rings. The molecule has 4 heteroatoms. The van der Waals surface area contributed by atoms with E-state index in [0.29, 0.717) is 16.9 Å². The molecule has 0 aromatic heterocycles. The van der Waals surface area contributed by atoms with Gasteiger partial charge in [0, 0.05) is 23.5 Å². The van der Waals surface area contributed by atoms with E-state index in [2.05, 4.69) is 20.8 Å². The lowest BCUT2D eigenvalue weighted by atomic mass is 10.0. The van der Waals surface area contributed by atoms with Gasteiger partial charge in [-0.2, -0.15) is 0 Å². The molecule has 2 fully saturated rings. The zero-order valence-electron chi connectivity index (χ0n) is 10.1. The standard InChI is InChI=1S/C14H16BrF2N/c15-10-6-11-2-3-12(7-10)18(11)8-9-1-4-13(16)14(17)5-9/h1,4-5,10-12H,2-3,6-8H2. The normalized spacial score (nSPS) is 31.8. The maximum Gasteiger partial charge on any atom is 0.159 e. The molecule has 0 amide bonds. The summed E-state index contributed by atoms with van der Waals surface area (Å²) in [4.78, 5) is 3.08. The molecule has 0 radical (unpaired) electrons. The zero-order valence-corrected chi connectivity index (χ0v) is 11.7. The highest BCUT2D eigenvalue weighted by atomic mass is 79.9. The summed E-state index contributed by atoms with van der Waals surface area (Å²) >= 11 is 3.71. The summed E-state index contributed by atoms with van der Waals surface area (Å²) in [6.07, 6.45) is 4.80. The van der Waals surface area contributed by atoms with E-state index in [4.69, 9.17) is 0 Å². The fourth-order valence-corrected chi connectivity index (χ4v) is 4.18. The van der Waals surface area contributed by atoms with Gasteiger partial charge in [-0.3, -0.25) is 4.90 Å². The van der Waals surface area contributed by atoms with Crippen molar-refractivity contribution in [2.45, 2.75) is 49.1 Å². The molecule has 2 heterocycles. The summed E-state index contributed by atoms with van der Waals surface area (Å²) in [7, 11) is 0. The molecule has 0 saturated carbocycles. The first-order valence-corrected chi connectivity index (χ1v) is 7.39. The van der Waals surface area contributed by atoms with Crippen LogP contribution in [0.15, 0.2) is 18.2 Å². The van der Waals surface area contributed by atoms with Gasteiger partial charge in [-0.25, -0.2) is 8.78 Å². The Morgan fingerprint density at radius 2 is 1.78 bits per heavy atom. The molecule has 0 spiro atoms. The van der Waals surface area contributed by atoms with Gasteiger partial charge in [-0.05, 0) is 43.4 Å². The van der Waals surface area contributed by atoms with E-state index >= 15 is 0 Å². The van der Waals surface area contributed by atoms with Crippen molar-refractivity contribution < 1.29 is 8.78 Å². The molecule has 3 rings (SSSR count). The minimum absolute atomic E-state index is 0.598. The lowest BCUT2D eigenvalue weighted by molar-refractivity contribution is 0.137. The highest BCUT2D eigenvalue weighted by molar-refractivity contribution is 9.09. The molecular weight excluding hydrogens is 300 g/mol. The largest absolute Gasteiger partial charge is 0.293 e. The summed E-state index contributed by atoms with van der Waals surface area (Å²) in [5.41, 5.74) is 0.874. The molecule has 2 saturated heterocycles. The van der Waals surface area contributed by atoms with Crippen LogP contribution in [0.5, 0.6) is 0 Å². The van der Waals surface area contributed by atoms with Gasteiger partial charge in [-0.1, -0.05) is 22.0 Å². The lowest BCUT2D eigenvalue weighted by Crippen LogP contribution is -2.42. The Balaban J connectivity index is 1.75. The van der Waals surface area contributed by atoms with Gasteiger partial charge < -0.3 is 0 Å². The van der Waals surface area contributed by atoms with Crippen molar-refractivity contribution in [3.63, 3.8) is 0 Å². The number of benzene rings is 1. The van der Waals surface area contributed by atoms with Gasteiger partial charge >= 0.3 is 0 Å². The van der Waals surface area contributed by atoms with E-state index < -0.39 is 11.6 Å². The quantitative estimate of drug-likeness (QED) is 0.749. The maximum atomic E-state index is 13.2. The van der Waals surface area contributed by atoms with E-state index in [1.807, 2.05) is 0 Å². The Hall–Kier alpha value is -0.480. The van der Waals surface area contributed by atoms with Crippen molar-refractivity contribution in [1.29, 1.82) is 0 Å².